The molecule has 0 saturated heterocycles. The first-order valence-corrected chi connectivity index (χ1v) is 10.2. The number of aliphatic imine (C=N–C) groups is 1. The Labute approximate surface area is 191 Å². The summed E-state index contributed by atoms with van der Waals surface area (Å²) in [6, 6.07) is 8.31. The van der Waals surface area contributed by atoms with E-state index in [9.17, 15) is 0 Å². The molecule has 29 heavy (non-hydrogen) atoms. The summed E-state index contributed by atoms with van der Waals surface area (Å²) in [4.78, 5) is 4.31. The van der Waals surface area contributed by atoms with Crippen LogP contribution in [0.15, 0.2) is 33.8 Å². The fourth-order valence-corrected chi connectivity index (χ4v) is 2.87. The van der Waals surface area contributed by atoms with Crippen molar-refractivity contribution in [2.45, 2.75) is 53.5 Å². The predicted molar refractivity (Wildman–Crippen MR) is 129 cm³/mol. The van der Waals surface area contributed by atoms with E-state index < -0.39 is 0 Å². The molecule has 1 aromatic heterocycles. The van der Waals surface area contributed by atoms with E-state index in [2.05, 4.69) is 60.6 Å². The molecule has 0 aliphatic carbocycles. The number of hydrogen-bond donors (Lipinski definition) is 2. The van der Waals surface area contributed by atoms with Gasteiger partial charge in [0.1, 0.15) is 11.5 Å². The van der Waals surface area contributed by atoms with Crippen molar-refractivity contribution < 1.29 is 9.26 Å². The second-order valence-corrected chi connectivity index (χ2v) is 7.19. The Balaban J connectivity index is 0.00000420. The molecule has 7 heteroatoms. The zero-order valence-corrected chi connectivity index (χ0v) is 20.6. The lowest BCUT2D eigenvalue weighted by atomic mass is 10.1. The second-order valence-electron chi connectivity index (χ2n) is 7.19. The fraction of sp³-hybridized carbons (Fsp3) is 0.545. The lowest BCUT2D eigenvalue weighted by molar-refractivity contribution is 0.271. The average molecular weight is 514 g/mol. The first kappa shape index (κ1) is 25.3. The van der Waals surface area contributed by atoms with Gasteiger partial charge >= 0.3 is 0 Å². The Morgan fingerprint density at radius 3 is 2.45 bits per heavy atom. The molecule has 0 spiro atoms. The van der Waals surface area contributed by atoms with Gasteiger partial charge in [-0.15, -0.1) is 24.0 Å². The summed E-state index contributed by atoms with van der Waals surface area (Å²) in [5.41, 5.74) is 3.42. The summed E-state index contributed by atoms with van der Waals surface area (Å²) in [6.07, 6.45) is 2.62. The second kappa shape index (κ2) is 13.5. The maximum absolute atomic E-state index is 5.73. The first-order valence-electron chi connectivity index (χ1n) is 10.2. The zero-order valence-electron chi connectivity index (χ0n) is 18.2. The molecule has 0 atom stereocenters. The number of aromatic nitrogens is 1. The molecule has 162 valence electrons. The summed E-state index contributed by atoms with van der Waals surface area (Å²) >= 11 is 0. The molecular weight excluding hydrogens is 479 g/mol. The van der Waals surface area contributed by atoms with Gasteiger partial charge in [0.05, 0.1) is 12.3 Å². The van der Waals surface area contributed by atoms with Gasteiger partial charge in [0.15, 0.2) is 5.96 Å². The SMILES string of the molecule is CCc1noc(CC)c1CNC(=NC)NCCc1ccc(OCC(C)C)cc1.I. The van der Waals surface area contributed by atoms with Crippen molar-refractivity contribution in [2.24, 2.45) is 10.9 Å². The highest BCUT2D eigenvalue weighted by Crippen LogP contribution is 2.15. The van der Waals surface area contributed by atoms with E-state index in [0.29, 0.717) is 12.5 Å². The predicted octanol–water partition coefficient (Wildman–Crippen LogP) is 4.36. The van der Waals surface area contributed by atoms with Crippen LogP contribution in [0.2, 0.25) is 0 Å². The van der Waals surface area contributed by atoms with Gasteiger partial charge in [-0.3, -0.25) is 4.99 Å². The standard InChI is InChI=1S/C22H34N4O2.HI/c1-6-20-19(21(7-2)28-26-20)14-25-22(23-5)24-13-12-17-8-10-18(11-9-17)27-15-16(3)4;/h8-11,16H,6-7,12-15H2,1-5H3,(H2,23,24,25);1H. The molecule has 0 amide bonds. The highest BCUT2D eigenvalue weighted by molar-refractivity contribution is 14.0. The summed E-state index contributed by atoms with van der Waals surface area (Å²) in [5, 5.41) is 10.9. The third kappa shape index (κ3) is 8.24. The molecule has 6 nitrogen and oxygen atoms in total. The molecule has 1 aromatic carbocycles. The van der Waals surface area contributed by atoms with Gasteiger partial charge in [-0.2, -0.15) is 0 Å². The Kier molecular flexibility index (Phi) is 11.7. The zero-order chi connectivity index (χ0) is 20.4. The fourth-order valence-electron chi connectivity index (χ4n) is 2.87. The van der Waals surface area contributed by atoms with Gasteiger partial charge in [0.2, 0.25) is 0 Å². The van der Waals surface area contributed by atoms with Crippen LogP contribution in [-0.2, 0) is 25.8 Å². The molecule has 1 heterocycles. The molecule has 0 saturated carbocycles. The van der Waals surface area contributed by atoms with Crippen molar-refractivity contribution in [3.05, 3.63) is 46.8 Å². The molecule has 0 bridgehead atoms. The average Bonchev–Trinajstić information content (AvgIpc) is 3.11. The normalized spacial score (nSPS) is 11.3. The number of guanidine groups is 1. The Morgan fingerprint density at radius 1 is 1.14 bits per heavy atom. The number of nitrogens with one attached hydrogen (secondary N) is 2. The molecule has 0 aliphatic rings. The molecule has 0 unspecified atom stereocenters. The van der Waals surface area contributed by atoms with Crippen molar-refractivity contribution >= 4 is 29.9 Å². The van der Waals surface area contributed by atoms with Crippen LogP contribution in [-0.4, -0.2) is 31.3 Å². The number of hydrogen-bond acceptors (Lipinski definition) is 4. The molecule has 0 aliphatic heterocycles. The minimum Gasteiger partial charge on any atom is -0.493 e. The van der Waals surface area contributed by atoms with Gasteiger partial charge in [0, 0.05) is 32.1 Å². The molecule has 2 N–H and O–H groups in total. The summed E-state index contributed by atoms with van der Waals surface area (Å²) in [7, 11) is 1.78. The van der Waals surface area contributed by atoms with E-state index in [1.165, 1.54) is 5.56 Å². The number of nitrogens with zero attached hydrogens (tertiary/aromatic N) is 2. The number of halogens is 1. The van der Waals surface area contributed by atoms with E-state index in [1.54, 1.807) is 7.05 Å². The van der Waals surface area contributed by atoms with E-state index in [0.717, 1.165) is 61.1 Å². The van der Waals surface area contributed by atoms with Crippen molar-refractivity contribution in [3.8, 4) is 5.75 Å². The molecular formula is C22H35IN4O2. The summed E-state index contributed by atoms with van der Waals surface area (Å²) < 4.78 is 11.2. The van der Waals surface area contributed by atoms with Crippen LogP contribution in [0.5, 0.6) is 5.75 Å². The van der Waals surface area contributed by atoms with Crippen molar-refractivity contribution in [3.63, 3.8) is 0 Å². The third-order valence-electron chi connectivity index (χ3n) is 4.48. The van der Waals surface area contributed by atoms with E-state index in [1.807, 2.05) is 12.1 Å². The minimum atomic E-state index is 0. The number of aryl methyl sites for hydroxylation is 2. The van der Waals surface area contributed by atoms with Crippen LogP contribution in [0.1, 0.15) is 50.3 Å². The number of benzene rings is 1. The Hall–Kier alpha value is -1.77. The maximum Gasteiger partial charge on any atom is 0.191 e. The van der Waals surface area contributed by atoms with E-state index >= 15 is 0 Å². The van der Waals surface area contributed by atoms with Crippen LogP contribution in [0.4, 0.5) is 0 Å². The molecule has 0 radical (unpaired) electrons. The highest BCUT2D eigenvalue weighted by atomic mass is 127. The molecule has 0 fully saturated rings. The van der Waals surface area contributed by atoms with Crippen LogP contribution >= 0.6 is 24.0 Å². The maximum atomic E-state index is 5.73. The molecule has 2 rings (SSSR count). The van der Waals surface area contributed by atoms with Crippen molar-refractivity contribution in [1.82, 2.24) is 15.8 Å². The Bertz CT molecular complexity index is 720. The summed E-state index contributed by atoms with van der Waals surface area (Å²) in [6.45, 7) is 10.7. The third-order valence-corrected chi connectivity index (χ3v) is 4.48. The van der Waals surface area contributed by atoms with Crippen LogP contribution in [0.3, 0.4) is 0 Å². The highest BCUT2D eigenvalue weighted by Gasteiger charge is 2.13. The Morgan fingerprint density at radius 2 is 1.86 bits per heavy atom. The largest absolute Gasteiger partial charge is 0.493 e. The number of rotatable bonds is 10. The first-order chi connectivity index (χ1) is 13.6. The van der Waals surface area contributed by atoms with Crippen molar-refractivity contribution in [2.75, 3.05) is 20.2 Å². The quantitative estimate of drug-likeness (QED) is 0.280. The summed E-state index contributed by atoms with van der Waals surface area (Å²) in [5.74, 6) is 3.18. The van der Waals surface area contributed by atoms with Gasteiger partial charge in [-0.25, -0.2) is 0 Å². The monoisotopic (exact) mass is 514 g/mol. The van der Waals surface area contributed by atoms with Crippen LogP contribution in [0.25, 0.3) is 0 Å². The van der Waals surface area contributed by atoms with Crippen molar-refractivity contribution in [1.29, 1.82) is 0 Å². The van der Waals surface area contributed by atoms with Crippen LogP contribution < -0.4 is 15.4 Å². The smallest absolute Gasteiger partial charge is 0.191 e. The minimum absolute atomic E-state index is 0. The topological polar surface area (TPSA) is 71.7 Å². The van der Waals surface area contributed by atoms with Gasteiger partial charge in [-0.1, -0.05) is 45.0 Å². The van der Waals surface area contributed by atoms with Gasteiger partial charge in [0.25, 0.3) is 0 Å². The lowest BCUT2D eigenvalue weighted by Crippen LogP contribution is -2.38. The van der Waals surface area contributed by atoms with Crippen LogP contribution in [0, 0.1) is 5.92 Å². The van der Waals surface area contributed by atoms with Gasteiger partial charge < -0.3 is 19.9 Å². The lowest BCUT2D eigenvalue weighted by Gasteiger charge is -2.13. The van der Waals surface area contributed by atoms with E-state index in [-0.39, 0.29) is 24.0 Å². The number of ether oxygens (including phenoxy) is 1. The van der Waals surface area contributed by atoms with E-state index in [4.69, 9.17) is 9.26 Å². The van der Waals surface area contributed by atoms with Gasteiger partial charge in [-0.05, 0) is 36.5 Å². The molecule has 2 aromatic rings.